The fourth-order valence-corrected chi connectivity index (χ4v) is 3.41. The van der Waals surface area contributed by atoms with Crippen molar-refractivity contribution in [3.63, 3.8) is 0 Å². The van der Waals surface area contributed by atoms with Gasteiger partial charge in [0.05, 0.1) is 19.4 Å². The molecule has 0 bridgehead atoms. The zero-order chi connectivity index (χ0) is 18.9. The molecule has 0 saturated carbocycles. The van der Waals surface area contributed by atoms with Crippen molar-refractivity contribution < 1.29 is 0 Å². The van der Waals surface area contributed by atoms with Gasteiger partial charge in [-0.25, -0.2) is 15.0 Å². The molecule has 27 heavy (non-hydrogen) atoms. The van der Waals surface area contributed by atoms with Crippen LogP contribution >= 0.6 is 11.3 Å². The minimum absolute atomic E-state index is 0.638. The Labute approximate surface area is 164 Å². The Balaban J connectivity index is 1.55. The van der Waals surface area contributed by atoms with Crippen LogP contribution in [0.5, 0.6) is 0 Å². The van der Waals surface area contributed by atoms with Crippen molar-refractivity contribution in [2.24, 2.45) is 4.99 Å². The average molecular weight is 383 g/mol. The number of guanidine groups is 1. The van der Waals surface area contributed by atoms with E-state index in [1.165, 1.54) is 16.0 Å². The summed E-state index contributed by atoms with van der Waals surface area (Å²) in [4.78, 5) is 14.5. The molecule has 3 aromatic rings. The standard InChI is InChI=1S/C20H26N6S/c1-3-18-12-23-19(27-18)13-25-20(22-4-2)24-11-16-5-7-17(8-6-16)14-26-10-9-21-15-26/h5-10,12,15H,3-4,11,13-14H2,1-2H3,(H2,22,24,25). The highest BCUT2D eigenvalue weighted by atomic mass is 32.1. The molecule has 0 spiro atoms. The molecule has 2 aromatic heterocycles. The van der Waals surface area contributed by atoms with E-state index in [0.717, 1.165) is 30.5 Å². The Kier molecular flexibility index (Phi) is 6.98. The van der Waals surface area contributed by atoms with Crippen molar-refractivity contribution in [2.75, 3.05) is 6.54 Å². The number of aromatic nitrogens is 3. The molecule has 0 radical (unpaired) electrons. The second-order valence-electron chi connectivity index (χ2n) is 6.17. The van der Waals surface area contributed by atoms with Gasteiger partial charge < -0.3 is 15.2 Å². The summed E-state index contributed by atoms with van der Waals surface area (Å²) in [5.41, 5.74) is 2.44. The van der Waals surface area contributed by atoms with Crippen molar-refractivity contribution in [1.82, 2.24) is 25.2 Å². The molecule has 7 heteroatoms. The molecule has 3 rings (SSSR count). The van der Waals surface area contributed by atoms with E-state index in [2.05, 4.69) is 68.3 Å². The molecule has 0 aliphatic heterocycles. The van der Waals surface area contributed by atoms with Gasteiger partial charge in [0.25, 0.3) is 0 Å². The molecule has 0 unspecified atom stereocenters. The minimum Gasteiger partial charge on any atom is -0.357 e. The molecule has 0 amide bonds. The van der Waals surface area contributed by atoms with Crippen LogP contribution in [0, 0.1) is 0 Å². The van der Waals surface area contributed by atoms with E-state index in [-0.39, 0.29) is 0 Å². The smallest absolute Gasteiger partial charge is 0.191 e. The summed E-state index contributed by atoms with van der Waals surface area (Å²) in [6.07, 6.45) is 8.59. The van der Waals surface area contributed by atoms with E-state index in [0.29, 0.717) is 13.1 Å². The van der Waals surface area contributed by atoms with Crippen LogP contribution < -0.4 is 10.6 Å². The third kappa shape index (κ3) is 5.92. The largest absolute Gasteiger partial charge is 0.357 e. The average Bonchev–Trinajstić information content (AvgIpc) is 3.37. The van der Waals surface area contributed by atoms with Crippen LogP contribution in [0.25, 0.3) is 0 Å². The predicted molar refractivity (Wildman–Crippen MR) is 111 cm³/mol. The monoisotopic (exact) mass is 382 g/mol. The quantitative estimate of drug-likeness (QED) is 0.464. The maximum absolute atomic E-state index is 4.69. The van der Waals surface area contributed by atoms with Gasteiger partial charge in [-0.3, -0.25) is 0 Å². The van der Waals surface area contributed by atoms with Crippen LogP contribution in [0.1, 0.15) is 34.9 Å². The summed E-state index contributed by atoms with van der Waals surface area (Å²) in [5.74, 6) is 0.813. The van der Waals surface area contributed by atoms with Crippen molar-refractivity contribution in [3.05, 3.63) is 70.2 Å². The van der Waals surface area contributed by atoms with Crippen LogP contribution in [0.4, 0.5) is 0 Å². The fourth-order valence-electron chi connectivity index (χ4n) is 2.61. The summed E-state index contributed by atoms with van der Waals surface area (Å²) < 4.78 is 2.06. The topological polar surface area (TPSA) is 67.1 Å². The lowest BCUT2D eigenvalue weighted by atomic mass is 10.1. The summed E-state index contributed by atoms with van der Waals surface area (Å²) in [6.45, 7) is 7.21. The SMILES string of the molecule is CCNC(=NCc1ccc(Cn2ccnc2)cc1)NCc1ncc(CC)s1. The van der Waals surface area contributed by atoms with Gasteiger partial charge in [0.15, 0.2) is 5.96 Å². The van der Waals surface area contributed by atoms with Crippen molar-refractivity contribution in [3.8, 4) is 0 Å². The molecule has 0 aliphatic rings. The number of aliphatic imine (C=N–C) groups is 1. The van der Waals surface area contributed by atoms with Crippen molar-refractivity contribution in [2.45, 2.75) is 39.9 Å². The number of hydrogen-bond donors (Lipinski definition) is 2. The summed E-state index contributed by atoms with van der Waals surface area (Å²) in [6, 6.07) is 8.56. The third-order valence-corrected chi connectivity index (χ3v) is 5.21. The molecule has 1 aromatic carbocycles. The van der Waals surface area contributed by atoms with Crippen LogP contribution in [-0.4, -0.2) is 27.0 Å². The number of hydrogen-bond acceptors (Lipinski definition) is 4. The molecule has 2 N–H and O–H groups in total. The molecule has 0 aliphatic carbocycles. The Morgan fingerprint density at radius 2 is 1.96 bits per heavy atom. The van der Waals surface area contributed by atoms with E-state index in [9.17, 15) is 0 Å². The second-order valence-corrected chi connectivity index (χ2v) is 7.37. The molecule has 0 atom stereocenters. The minimum atomic E-state index is 0.638. The summed E-state index contributed by atoms with van der Waals surface area (Å²) >= 11 is 1.75. The normalized spacial score (nSPS) is 11.6. The lowest BCUT2D eigenvalue weighted by Gasteiger charge is -2.10. The lowest BCUT2D eigenvalue weighted by molar-refractivity contribution is 0.795. The Morgan fingerprint density at radius 3 is 2.63 bits per heavy atom. The number of imidazole rings is 1. The van der Waals surface area contributed by atoms with Crippen LogP contribution in [0.3, 0.4) is 0 Å². The Morgan fingerprint density at radius 1 is 1.15 bits per heavy atom. The number of aryl methyl sites for hydroxylation is 1. The summed E-state index contributed by atoms with van der Waals surface area (Å²) in [5, 5.41) is 7.74. The van der Waals surface area contributed by atoms with E-state index in [4.69, 9.17) is 0 Å². The maximum atomic E-state index is 4.69. The van der Waals surface area contributed by atoms with E-state index in [1.807, 2.05) is 18.7 Å². The highest BCUT2D eigenvalue weighted by Gasteiger charge is 2.03. The molecule has 6 nitrogen and oxygen atoms in total. The van der Waals surface area contributed by atoms with Gasteiger partial charge >= 0.3 is 0 Å². The second kappa shape index (κ2) is 9.87. The van der Waals surface area contributed by atoms with Crippen molar-refractivity contribution in [1.29, 1.82) is 0 Å². The molecule has 0 fully saturated rings. The zero-order valence-electron chi connectivity index (χ0n) is 15.9. The number of rotatable bonds is 8. The van der Waals surface area contributed by atoms with Gasteiger partial charge in [-0.05, 0) is 24.5 Å². The van der Waals surface area contributed by atoms with Crippen molar-refractivity contribution >= 4 is 17.3 Å². The van der Waals surface area contributed by atoms with Crippen LogP contribution in [0.15, 0.2) is 54.2 Å². The maximum Gasteiger partial charge on any atom is 0.191 e. The summed E-state index contributed by atoms with van der Waals surface area (Å²) in [7, 11) is 0. The Hall–Kier alpha value is -2.67. The number of thiazole rings is 1. The molecule has 142 valence electrons. The van der Waals surface area contributed by atoms with E-state index < -0.39 is 0 Å². The first-order valence-corrected chi connectivity index (χ1v) is 10.1. The molecule has 2 heterocycles. The lowest BCUT2D eigenvalue weighted by Crippen LogP contribution is -2.36. The van der Waals surface area contributed by atoms with Gasteiger partial charge in [-0.1, -0.05) is 31.2 Å². The number of nitrogens with one attached hydrogen (secondary N) is 2. The van der Waals surface area contributed by atoms with Gasteiger partial charge in [-0.15, -0.1) is 11.3 Å². The highest BCUT2D eigenvalue weighted by molar-refractivity contribution is 7.11. The zero-order valence-corrected chi connectivity index (χ0v) is 16.7. The van der Waals surface area contributed by atoms with Gasteiger partial charge in [0.2, 0.25) is 0 Å². The first-order chi connectivity index (χ1) is 13.3. The highest BCUT2D eigenvalue weighted by Crippen LogP contribution is 2.13. The van der Waals surface area contributed by atoms with E-state index in [1.54, 1.807) is 17.5 Å². The van der Waals surface area contributed by atoms with Crippen LogP contribution in [0.2, 0.25) is 0 Å². The third-order valence-electron chi connectivity index (χ3n) is 4.07. The first kappa shape index (κ1) is 19.1. The first-order valence-electron chi connectivity index (χ1n) is 9.26. The predicted octanol–water partition coefficient (Wildman–Crippen LogP) is 3.21. The molecular formula is C20H26N6S. The van der Waals surface area contributed by atoms with E-state index >= 15 is 0 Å². The number of benzene rings is 1. The van der Waals surface area contributed by atoms with Gasteiger partial charge in [-0.2, -0.15) is 0 Å². The van der Waals surface area contributed by atoms with Crippen LogP contribution in [-0.2, 0) is 26.1 Å². The molecular weight excluding hydrogens is 356 g/mol. The molecule has 0 saturated heterocycles. The Bertz CT molecular complexity index is 836. The fraction of sp³-hybridized carbons (Fsp3) is 0.350. The van der Waals surface area contributed by atoms with Gasteiger partial charge in [0, 0.05) is 36.6 Å². The van der Waals surface area contributed by atoms with Gasteiger partial charge in [0.1, 0.15) is 5.01 Å². The number of nitrogens with zero attached hydrogens (tertiary/aromatic N) is 4.